The summed E-state index contributed by atoms with van der Waals surface area (Å²) in [4.78, 5) is 0. The van der Waals surface area contributed by atoms with Crippen molar-refractivity contribution in [2.45, 2.75) is 13.0 Å². The zero-order valence-corrected chi connectivity index (χ0v) is 6.95. The van der Waals surface area contributed by atoms with Crippen molar-refractivity contribution in [2.24, 2.45) is 5.92 Å². The minimum absolute atomic E-state index is 0.665. The quantitative estimate of drug-likeness (QED) is 0.614. The molecule has 0 aliphatic carbocycles. The molecule has 0 bridgehead atoms. The van der Waals surface area contributed by atoms with E-state index in [9.17, 15) is 0 Å². The van der Waals surface area contributed by atoms with Crippen LogP contribution in [0.1, 0.15) is 5.82 Å². The van der Waals surface area contributed by atoms with Crippen LogP contribution in [0.5, 0.6) is 0 Å². The van der Waals surface area contributed by atoms with Crippen LogP contribution in [0.25, 0.3) is 0 Å². The van der Waals surface area contributed by atoms with E-state index in [1.807, 2.05) is 4.68 Å². The maximum Gasteiger partial charge on any atom is 0.151 e. The molecule has 2 heterocycles. The van der Waals surface area contributed by atoms with Crippen LogP contribution < -0.4 is 0 Å². The van der Waals surface area contributed by atoms with Gasteiger partial charge in [-0.05, 0) is 16.3 Å². The second-order valence-corrected chi connectivity index (χ2v) is 3.15. The van der Waals surface area contributed by atoms with E-state index in [1.165, 1.54) is 0 Å². The largest absolute Gasteiger partial charge is 0.229 e. The number of tetrazole rings is 1. The van der Waals surface area contributed by atoms with Crippen molar-refractivity contribution in [2.75, 3.05) is 5.33 Å². The van der Waals surface area contributed by atoms with E-state index in [-0.39, 0.29) is 0 Å². The summed E-state index contributed by atoms with van der Waals surface area (Å²) < 4.78 is 1.87. The predicted octanol–water partition coefficient (Wildman–Crippen LogP) is 0.240. The molecular formula is C5H7BrN4. The van der Waals surface area contributed by atoms with Crippen molar-refractivity contribution in [3.05, 3.63) is 5.82 Å². The van der Waals surface area contributed by atoms with Gasteiger partial charge in [0, 0.05) is 18.3 Å². The molecule has 2 rings (SSSR count). The second-order valence-electron chi connectivity index (χ2n) is 2.50. The Morgan fingerprint density at radius 2 is 2.60 bits per heavy atom. The predicted molar refractivity (Wildman–Crippen MR) is 38.8 cm³/mol. The molecule has 0 spiro atoms. The Morgan fingerprint density at radius 3 is 3.30 bits per heavy atom. The first kappa shape index (κ1) is 6.27. The summed E-state index contributed by atoms with van der Waals surface area (Å²) in [6.07, 6.45) is 1.01. The molecule has 1 atom stereocenters. The smallest absolute Gasteiger partial charge is 0.151 e. The molecule has 1 aliphatic heterocycles. The highest BCUT2D eigenvalue weighted by Crippen LogP contribution is 2.17. The normalized spacial score (nSPS) is 23.1. The van der Waals surface area contributed by atoms with Gasteiger partial charge in [0.15, 0.2) is 5.82 Å². The Kier molecular flexibility index (Phi) is 1.44. The van der Waals surface area contributed by atoms with E-state index in [0.29, 0.717) is 5.92 Å². The van der Waals surface area contributed by atoms with Gasteiger partial charge in [0.05, 0.1) is 0 Å². The molecule has 1 unspecified atom stereocenters. The number of hydrogen-bond donors (Lipinski definition) is 0. The SMILES string of the molecule is BrCC1Cc2nnnn2C1. The summed E-state index contributed by atoms with van der Waals surface area (Å²) >= 11 is 3.43. The molecule has 0 saturated carbocycles. The minimum atomic E-state index is 0.665. The maximum atomic E-state index is 3.88. The fourth-order valence-electron chi connectivity index (χ4n) is 1.18. The van der Waals surface area contributed by atoms with Crippen LogP contribution in [0.3, 0.4) is 0 Å². The number of alkyl halides is 1. The van der Waals surface area contributed by atoms with Crippen molar-refractivity contribution in [3.63, 3.8) is 0 Å². The van der Waals surface area contributed by atoms with Gasteiger partial charge in [0.2, 0.25) is 0 Å². The van der Waals surface area contributed by atoms with Gasteiger partial charge in [-0.15, -0.1) is 5.10 Å². The van der Waals surface area contributed by atoms with Crippen LogP contribution in [0.2, 0.25) is 0 Å². The highest BCUT2D eigenvalue weighted by atomic mass is 79.9. The highest BCUT2D eigenvalue weighted by molar-refractivity contribution is 9.09. The molecule has 1 aromatic rings. The van der Waals surface area contributed by atoms with Crippen LogP contribution in [0.4, 0.5) is 0 Å². The molecule has 1 aliphatic rings. The summed E-state index contributed by atoms with van der Waals surface area (Å²) in [6, 6.07) is 0. The Bertz CT molecular complexity index is 213. The molecular weight excluding hydrogens is 196 g/mol. The van der Waals surface area contributed by atoms with E-state index in [1.54, 1.807) is 0 Å². The zero-order chi connectivity index (χ0) is 6.97. The first-order chi connectivity index (χ1) is 4.90. The first-order valence-corrected chi connectivity index (χ1v) is 4.33. The van der Waals surface area contributed by atoms with Crippen molar-refractivity contribution in [1.82, 2.24) is 20.2 Å². The lowest BCUT2D eigenvalue weighted by molar-refractivity contribution is 0.519. The van der Waals surface area contributed by atoms with Gasteiger partial charge < -0.3 is 0 Å². The maximum absolute atomic E-state index is 3.88. The van der Waals surface area contributed by atoms with Gasteiger partial charge >= 0.3 is 0 Å². The van der Waals surface area contributed by atoms with Crippen LogP contribution in [0, 0.1) is 5.92 Å². The summed E-state index contributed by atoms with van der Waals surface area (Å²) in [5.41, 5.74) is 0. The standard InChI is InChI=1S/C5H7BrN4/c6-2-4-1-5-7-8-9-10(5)3-4/h4H,1-3H2. The lowest BCUT2D eigenvalue weighted by Gasteiger charge is -1.98. The third-order valence-corrected chi connectivity index (χ3v) is 2.64. The average molecular weight is 203 g/mol. The summed E-state index contributed by atoms with van der Waals surface area (Å²) in [6.45, 7) is 0.966. The van der Waals surface area contributed by atoms with E-state index in [4.69, 9.17) is 0 Å². The van der Waals surface area contributed by atoms with Gasteiger partial charge in [0.1, 0.15) is 0 Å². The molecule has 1 aromatic heterocycles. The summed E-state index contributed by atoms with van der Waals surface area (Å²) in [5, 5.41) is 12.3. The molecule has 5 heteroatoms. The number of halogens is 1. The van der Waals surface area contributed by atoms with E-state index in [2.05, 4.69) is 31.5 Å². The molecule has 0 N–H and O–H groups in total. The zero-order valence-electron chi connectivity index (χ0n) is 5.37. The molecule has 0 fully saturated rings. The number of fused-ring (bicyclic) bond motifs is 1. The van der Waals surface area contributed by atoms with E-state index < -0.39 is 0 Å². The molecule has 54 valence electrons. The first-order valence-electron chi connectivity index (χ1n) is 3.21. The van der Waals surface area contributed by atoms with Crippen LogP contribution in [-0.2, 0) is 13.0 Å². The second kappa shape index (κ2) is 2.30. The monoisotopic (exact) mass is 202 g/mol. The van der Waals surface area contributed by atoms with Crippen LogP contribution in [-0.4, -0.2) is 25.5 Å². The summed E-state index contributed by atoms with van der Waals surface area (Å²) in [5.74, 6) is 1.68. The van der Waals surface area contributed by atoms with E-state index in [0.717, 1.165) is 24.1 Å². The van der Waals surface area contributed by atoms with Gasteiger partial charge in [-0.25, -0.2) is 4.68 Å². The molecule has 4 nitrogen and oxygen atoms in total. The van der Waals surface area contributed by atoms with Gasteiger partial charge in [0.25, 0.3) is 0 Å². The topological polar surface area (TPSA) is 43.6 Å². The number of hydrogen-bond acceptors (Lipinski definition) is 3. The molecule has 0 amide bonds. The average Bonchev–Trinajstić information content (AvgIpc) is 2.42. The number of nitrogens with zero attached hydrogens (tertiary/aromatic N) is 4. The van der Waals surface area contributed by atoms with Crippen LogP contribution >= 0.6 is 15.9 Å². The Morgan fingerprint density at radius 1 is 1.70 bits per heavy atom. The fourth-order valence-corrected chi connectivity index (χ4v) is 1.62. The van der Waals surface area contributed by atoms with Gasteiger partial charge in [-0.2, -0.15) is 0 Å². The Balaban J connectivity index is 2.21. The van der Waals surface area contributed by atoms with Gasteiger partial charge in [-0.3, -0.25) is 0 Å². The molecule has 10 heavy (non-hydrogen) atoms. The highest BCUT2D eigenvalue weighted by Gasteiger charge is 2.22. The molecule has 0 saturated heterocycles. The fraction of sp³-hybridized carbons (Fsp3) is 0.800. The van der Waals surface area contributed by atoms with Gasteiger partial charge in [-0.1, -0.05) is 15.9 Å². The Hall–Kier alpha value is -0.450. The summed E-state index contributed by atoms with van der Waals surface area (Å²) in [7, 11) is 0. The van der Waals surface area contributed by atoms with Crippen molar-refractivity contribution >= 4 is 15.9 Å². The lowest BCUT2D eigenvalue weighted by Crippen LogP contribution is -2.04. The third kappa shape index (κ3) is 0.847. The Labute approximate surface area is 66.7 Å². The van der Waals surface area contributed by atoms with Crippen LogP contribution in [0.15, 0.2) is 0 Å². The number of rotatable bonds is 1. The van der Waals surface area contributed by atoms with Crippen molar-refractivity contribution < 1.29 is 0 Å². The van der Waals surface area contributed by atoms with Crippen molar-refractivity contribution in [3.8, 4) is 0 Å². The molecule has 0 aromatic carbocycles. The van der Waals surface area contributed by atoms with E-state index >= 15 is 0 Å². The van der Waals surface area contributed by atoms with Crippen molar-refractivity contribution in [1.29, 1.82) is 0 Å². The molecule has 0 radical (unpaired) electrons. The third-order valence-electron chi connectivity index (χ3n) is 1.73. The lowest BCUT2D eigenvalue weighted by atomic mass is 10.1. The number of aromatic nitrogens is 4. The minimum Gasteiger partial charge on any atom is -0.229 e.